The third-order valence-electron chi connectivity index (χ3n) is 4.24. The molecule has 2 aromatic heterocycles. The first kappa shape index (κ1) is 16.8. The molecular formula is C15H21N5O3S. The maximum Gasteiger partial charge on any atom is 0.345 e. The fourth-order valence-corrected chi connectivity index (χ4v) is 3.59. The molecule has 3 rings (SSSR count). The molecule has 0 spiro atoms. The summed E-state index contributed by atoms with van der Waals surface area (Å²) in [6.45, 7) is 1.86. The van der Waals surface area contributed by atoms with Gasteiger partial charge in [-0.05, 0) is 6.42 Å². The average Bonchev–Trinajstić information content (AvgIpc) is 3.19. The monoisotopic (exact) mass is 351 g/mol. The minimum atomic E-state index is -0.212. The molecular weight excluding hydrogens is 330 g/mol. The van der Waals surface area contributed by atoms with E-state index in [1.165, 1.54) is 16.0 Å². The zero-order valence-corrected chi connectivity index (χ0v) is 14.7. The maximum atomic E-state index is 13.0. The summed E-state index contributed by atoms with van der Waals surface area (Å²) in [6.07, 6.45) is 3.08. The Labute approximate surface area is 143 Å². The van der Waals surface area contributed by atoms with Gasteiger partial charge in [0, 0.05) is 45.2 Å². The Morgan fingerprint density at radius 3 is 3.08 bits per heavy atom. The van der Waals surface area contributed by atoms with Gasteiger partial charge >= 0.3 is 5.69 Å². The van der Waals surface area contributed by atoms with E-state index in [-0.39, 0.29) is 17.5 Å². The Hall–Kier alpha value is -2.00. The van der Waals surface area contributed by atoms with E-state index < -0.39 is 0 Å². The molecule has 1 aliphatic rings. The van der Waals surface area contributed by atoms with Crippen molar-refractivity contribution in [2.45, 2.75) is 25.9 Å². The number of amides is 1. The van der Waals surface area contributed by atoms with Crippen LogP contribution in [0.5, 0.6) is 0 Å². The number of thiazole rings is 1. The maximum absolute atomic E-state index is 13.0. The van der Waals surface area contributed by atoms with Gasteiger partial charge < -0.3 is 9.64 Å². The normalized spacial score (nSPS) is 16.8. The summed E-state index contributed by atoms with van der Waals surface area (Å²) in [5.74, 6) is 0.592. The van der Waals surface area contributed by atoms with Crippen molar-refractivity contribution >= 4 is 17.2 Å². The number of aryl methyl sites for hydroxylation is 2. The van der Waals surface area contributed by atoms with Gasteiger partial charge in [-0.25, -0.2) is 14.5 Å². The van der Waals surface area contributed by atoms with Gasteiger partial charge in [-0.3, -0.25) is 9.36 Å². The highest BCUT2D eigenvalue weighted by Gasteiger charge is 2.30. The highest BCUT2D eigenvalue weighted by Crippen LogP contribution is 2.21. The van der Waals surface area contributed by atoms with Crippen LogP contribution in [-0.4, -0.2) is 50.4 Å². The summed E-state index contributed by atoms with van der Waals surface area (Å²) < 4.78 is 8.08. The fourth-order valence-electron chi connectivity index (χ4n) is 2.96. The highest BCUT2D eigenvalue weighted by atomic mass is 32.1. The number of ether oxygens (including phenoxy) is 1. The van der Waals surface area contributed by atoms with E-state index >= 15 is 0 Å². The molecule has 1 amide bonds. The first-order chi connectivity index (χ1) is 11.6. The van der Waals surface area contributed by atoms with E-state index in [9.17, 15) is 9.59 Å². The van der Waals surface area contributed by atoms with Gasteiger partial charge in [0.1, 0.15) is 10.8 Å². The molecule has 0 aromatic carbocycles. The second-order valence-electron chi connectivity index (χ2n) is 5.85. The average molecular weight is 351 g/mol. The summed E-state index contributed by atoms with van der Waals surface area (Å²) in [5.41, 5.74) is -0.161. The molecule has 0 radical (unpaired) electrons. The van der Waals surface area contributed by atoms with Gasteiger partial charge in [-0.15, -0.1) is 11.3 Å². The molecule has 2 aromatic rings. The first-order valence-electron chi connectivity index (χ1n) is 7.89. The van der Waals surface area contributed by atoms with E-state index in [2.05, 4.69) is 10.1 Å². The quantitative estimate of drug-likeness (QED) is 0.746. The van der Waals surface area contributed by atoms with E-state index in [1.54, 1.807) is 29.8 Å². The van der Waals surface area contributed by atoms with Crippen LogP contribution in [0, 0.1) is 5.92 Å². The van der Waals surface area contributed by atoms with Crippen LogP contribution in [0.25, 0.3) is 0 Å². The summed E-state index contributed by atoms with van der Waals surface area (Å²) >= 11 is 1.53. The Morgan fingerprint density at radius 2 is 2.38 bits per heavy atom. The molecule has 0 bridgehead atoms. The number of rotatable bonds is 6. The van der Waals surface area contributed by atoms with Gasteiger partial charge in [0.15, 0.2) is 0 Å². The molecule has 1 atom stereocenters. The van der Waals surface area contributed by atoms with Gasteiger partial charge in [0.05, 0.1) is 19.1 Å². The highest BCUT2D eigenvalue weighted by molar-refractivity contribution is 7.09. The Balaban J connectivity index is 1.74. The number of fused-ring (bicyclic) bond motifs is 1. The van der Waals surface area contributed by atoms with Crippen molar-refractivity contribution in [2.75, 3.05) is 20.3 Å². The van der Waals surface area contributed by atoms with Crippen molar-refractivity contribution in [3.63, 3.8) is 0 Å². The number of carbonyl (C=O) groups excluding carboxylic acids is 1. The van der Waals surface area contributed by atoms with Gasteiger partial charge in [0.25, 0.3) is 0 Å². The summed E-state index contributed by atoms with van der Waals surface area (Å²) in [6, 6.07) is 0. The zero-order chi connectivity index (χ0) is 17.1. The number of hydrogen-bond donors (Lipinski definition) is 0. The van der Waals surface area contributed by atoms with Crippen LogP contribution in [0.1, 0.15) is 17.3 Å². The lowest BCUT2D eigenvalue weighted by Gasteiger charge is -2.28. The molecule has 3 heterocycles. The van der Waals surface area contributed by atoms with Crippen LogP contribution in [0.15, 0.2) is 16.4 Å². The first-order valence-corrected chi connectivity index (χ1v) is 8.77. The Morgan fingerprint density at radius 1 is 1.54 bits per heavy atom. The van der Waals surface area contributed by atoms with Crippen LogP contribution >= 0.6 is 11.3 Å². The number of nitrogens with zero attached hydrogens (tertiary/aromatic N) is 5. The molecule has 130 valence electrons. The number of carbonyl (C=O) groups is 1. The summed E-state index contributed by atoms with van der Waals surface area (Å²) in [4.78, 5) is 31.1. The number of methoxy groups -OCH3 is 1. The van der Waals surface area contributed by atoms with E-state index in [1.807, 2.05) is 5.38 Å². The van der Waals surface area contributed by atoms with Gasteiger partial charge in [-0.2, -0.15) is 5.10 Å². The fraction of sp³-hybridized carbons (Fsp3) is 0.600. The van der Waals surface area contributed by atoms with Gasteiger partial charge in [-0.1, -0.05) is 0 Å². The topological polar surface area (TPSA) is 82.2 Å². The summed E-state index contributed by atoms with van der Waals surface area (Å²) in [5, 5.41) is 7.01. The molecule has 0 saturated carbocycles. The Bertz CT molecular complexity index is 752. The minimum Gasteiger partial charge on any atom is -0.383 e. The minimum absolute atomic E-state index is 0.0450. The largest absolute Gasteiger partial charge is 0.383 e. The Kier molecular flexibility index (Phi) is 5.10. The predicted octanol–water partition coefficient (Wildman–Crippen LogP) is 0.276. The van der Waals surface area contributed by atoms with Crippen molar-refractivity contribution in [3.8, 4) is 0 Å². The summed E-state index contributed by atoms with van der Waals surface area (Å²) in [7, 11) is 3.26. The van der Waals surface area contributed by atoms with Crippen LogP contribution in [0.4, 0.5) is 0 Å². The molecule has 0 saturated heterocycles. The van der Waals surface area contributed by atoms with Crippen molar-refractivity contribution in [2.24, 2.45) is 13.0 Å². The SMILES string of the molecule is COCCN(Cc1nccs1)C(=O)[C@H]1CCc2nn(C)c(=O)n2C1. The van der Waals surface area contributed by atoms with Crippen LogP contribution in [-0.2, 0) is 36.1 Å². The smallest absolute Gasteiger partial charge is 0.345 e. The molecule has 0 aliphatic carbocycles. The van der Waals surface area contributed by atoms with Crippen molar-refractivity contribution in [3.05, 3.63) is 32.9 Å². The number of hydrogen-bond acceptors (Lipinski definition) is 6. The second-order valence-corrected chi connectivity index (χ2v) is 6.83. The van der Waals surface area contributed by atoms with Crippen molar-refractivity contribution < 1.29 is 9.53 Å². The second kappa shape index (κ2) is 7.27. The lowest BCUT2D eigenvalue weighted by atomic mass is 9.98. The lowest BCUT2D eigenvalue weighted by Crippen LogP contribution is -2.42. The van der Waals surface area contributed by atoms with Crippen LogP contribution in [0.2, 0.25) is 0 Å². The van der Waals surface area contributed by atoms with E-state index in [0.29, 0.717) is 39.1 Å². The third-order valence-corrected chi connectivity index (χ3v) is 5.00. The van der Waals surface area contributed by atoms with Crippen molar-refractivity contribution in [1.29, 1.82) is 0 Å². The van der Waals surface area contributed by atoms with Crippen molar-refractivity contribution in [1.82, 2.24) is 24.2 Å². The molecule has 0 unspecified atom stereocenters. The molecule has 8 nitrogen and oxygen atoms in total. The molecule has 0 N–H and O–H groups in total. The van der Waals surface area contributed by atoms with Crippen LogP contribution < -0.4 is 5.69 Å². The van der Waals surface area contributed by atoms with E-state index in [0.717, 1.165) is 10.8 Å². The molecule has 0 fully saturated rings. The third kappa shape index (κ3) is 3.41. The molecule has 1 aliphatic heterocycles. The molecule has 9 heteroatoms. The van der Waals surface area contributed by atoms with E-state index in [4.69, 9.17) is 4.74 Å². The lowest BCUT2D eigenvalue weighted by molar-refractivity contribution is -0.138. The standard InChI is InChI=1S/C15H21N5O3S/c1-18-15(22)20-9-11(3-4-12(20)17-18)14(21)19(6-7-23-2)10-13-16-5-8-24-13/h5,8,11H,3-4,6-7,9-10H2,1-2H3/t11-/m0/s1. The van der Waals surface area contributed by atoms with Gasteiger partial charge in [0.2, 0.25) is 5.91 Å². The zero-order valence-electron chi connectivity index (χ0n) is 13.8. The molecule has 24 heavy (non-hydrogen) atoms. The predicted molar refractivity (Wildman–Crippen MR) is 88.7 cm³/mol. The number of aromatic nitrogens is 4. The van der Waals surface area contributed by atoms with Crippen LogP contribution in [0.3, 0.4) is 0 Å².